The number of aromatic hydroxyl groups is 1. The van der Waals surface area contributed by atoms with Gasteiger partial charge in [0, 0.05) is 21.2 Å². The van der Waals surface area contributed by atoms with Crippen LogP contribution in [0.4, 0.5) is 0 Å². The van der Waals surface area contributed by atoms with E-state index in [2.05, 4.69) is 15.9 Å². The quantitative estimate of drug-likeness (QED) is 0.458. The fourth-order valence-electron chi connectivity index (χ4n) is 2.52. The van der Waals surface area contributed by atoms with Crippen molar-refractivity contribution in [2.75, 3.05) is 0 Å². The van der Waals surface area contributed by atoms with Gasteiger partial charge in [-0.1, -0.05) is 0 Å². The Labute approximate surface area is 141 Å². The van der Waals surface area contributed by atoms with E-state index < -0.39 is 5.97 Å². The lowest BCUT2D eigenvalue weighted by atomic mass is 10.0. The summed E-state index contributed by atoms with van der Waals surface area (Å²) in [6, 6.07) is 3.10. The van der Waals surface area contributed by atoms with Gasteiger partial charge in [0.1, 0.15) is 23.3 Å². The number of carbonyl (C=O) groups is 2. The fourth-order valence-corrected chi connectivity index (χ4v) is 3.11. The van der Waals surface area contributed by atoms with Gasteiger partial charge < -0.3 is 14.6 Å². The molecule has 3 rings (SSSR count). The number of halogens is 1. The predicted molar refractivity (Wildman–Crippen MR) is 86.9 cm³/mol. The van der Waals surface area contributed by atoms with Crippen LogP contribution in [0.3, 0.4) is 0 Å². The van der Waals surface area contributed by atoms with E-state index in [0.717, 1.165) is 0 Å². The van der Waals surface area contributed by atoms with Crippen molar-refractivity contribution >= 4 is 28.2 Å². The van der Waals surface area contributed by atoms with Gasteiger partial charge in [0.05, 0.1) is 0 Å². The van der Waals surface area contributed by atoms with E-state index >= 15 is 0 Å². The normalized spacial score (nSPS) is 12.6. The number of fused-ring (bicyclic) bond motifs is 2. The molecule has 0 atom stereocenters. The first-order chi connectivity index (χ1) is 10.8. The van der Waals surface area contributed by atoms with E-state index in [-0.39, 0.29) is 22.8 Å². The summed E-state index contributed by atoms with van der Waals surface area (Å²) < 4.78 is 11.8. The number of esters is 1. The van der Waals surface area contributed by atoms with Crippen LogP contribution in [0, 0.1) is 20.8 Å². The minimum atomic E-state index is -0.612. The van der Waals surface area contributed by atoms with Gasteiger partial charge in [-0.05, 0) is 54.4 Å². The number of benzene rings is 2. The highest BCUT2D eigenvalue weighted by Gasteiger charge is 2.31. The molecule has 2 aromatic carbocycles. The number of aryl methyl sites for hydroxylation is 1. The molecule has 0 spiro atoms. The second kappa shape index (κ2) is 5.38. The van der Waals surface area contributed by atoms with Crippen molar-refractivity contribution in [1.29, 1.82) is 0 Å². The number of carbonyl (C=O) groups excluding carboxylic acids is 2. The first-order valence-corrected chi connectivity index (χ1v) is 7.66. The number of hydrogen-bond donors (Lipinski definition) is 1. The number of phenolic OH excluding ortho intramolecular Hbond substituents is 1. The third kappa shape index (κ3) is 2.30. The Morgan fingerprint density at radius 1 is 1.04 bits per heavy atom. The monoisotopic (exact) mass is 376 g/mol. The Morgan fingerprint density at radius 3 is 2.39 bits per heavy atom. The smallest absolute Gasteiger partial charge is 0.348 e. The Morgan fingerprint density at radius 2 is 1.74 bits per heavy atom. The predicted octanol–water partition coefficient (Wildman–Crippen LogP) is 4.22. The molecule has 118 valence electrons. The van der Waals surface area contributed by atoms with Gasteiger partial charge in [-0.15, -0.1) is 0 Å². The van der Waals surface area contributed by atoms with Gasteiger partial charge in [0.15, 0.2) is 11.5 Å². The average molecular weight is 377 g/mol. The Balaban J connectivity index is 2.35. The molecule has 0 radical (unpaired) electrons. The van der Waals surface area contributed by atoms with E-state index in [1.165, 1.54) is 0 Å². The molecule has 0 unspecified atom stereocenters. The number of hydrogen-bond acceptors (Lipinski definition) is 5. The molecule has 0 fully saturated rings. The zero-order chi connectivity index (χ0) is 16.9. The van der Waals surface area contributed by atoms with Gasteiger partial charge in [0.25, 0.3) is 0 Å². The van der Waals surface area contributed by atoms with Crippen molar-refractivity contribution in [3.05, 3.63) is 44.4 Å². The van der Waals surface area contributed by atoms with Crippen LogP contribution in [0.15, 0.2) is 16.6 Å². The van der Waals surface area contributed by atoms with E-state index in [1.807, 2.05) is 0 Å². The average Bonchev–Trinajstić information content (AvgIpc) is 2.66. The standard InChI is InChI=1S/C17H13BrO5/c1-7-4-12(20)9(3)16-14(7)22-15-8(2)10(6-19)5-11(18)13(15)17(21)23-16/h4-6,20H,1-3H3. The van der Waals surface area contributed by atoms with Gasteiger partial charge in [-0.25, -0.2) is 4.79 Å². The molecule has 1 heterocycles. The Hall–Kier alpha value is -2.34. The maximum atomic E-state index is 12.5. The van der Waals surface area contributed by atoms with Crippen molar-refractivity contribution in [1.82, 2.24) is 0 Å². The molecule has 0 aromatic heterocycles. The van der Waals surface area contributed by atoms with E-state index in [9.17, 15) is 14.7 Å². The molecule has 0 aliphatic carbocycles. The van der Waals surface area contributed by atoms with Gasteiger partial charge in [-0.2, -0.15) is 0 Å². The van der Waals surface area contributed by atoms with Crippen LogP contribution in [0.5, 0.6) is 23.0 Å². The lowest BCUT2D eigenvalue weighted by Crippen LogP contribution is -2.10. The van der Waals surface area contributed by atoms with Gasteiger partial charge >= 0.3 is 5.97 Å². The first kappa shape index (κ1) is 15.6. The summed E-state index contributed by atoms with van der Waals surface area (Å²) >= 11 is 3.29. The molecular weight excluding hydrogens is 364 g/mol. The number of ether oxygens (including phenoxy) is 2. The highest BCUT2D eigenvalue weighted by atomic mass is 79.9. The topological polar surface area (TPSA) is 72.8 Å². The first-order valence-electron chi connectivity index (χ1n) is 6.86. The molecule has 5 nitrogen and oxygen atoms in total. The summed E-state index contributed by atoms with van der Waals surface area (Å²) in [5.41, 5.74) is 2.21. The Kier molecular flexibility index (Phi) is 3.64. The summed E-state index contributed by atoms with van der Waals surface area (Å²) in [4.78, 5) is 23.7. The fraction of sp³-hybridized carbons (Fsp3) is 0.176. The third-order valence-corrected chi connectivity index (χ3v) is 4.52. The third-order valence-electron chi connectivity index (χ3n) is 3.89. The van der Waals surface area contributed by atoms with Gasteiger partial charge in [-0.3, -0.25) is 4.79 Å². The van der Waals surface area contributed by atoms with E-state index in [0.29, 0.717) is 38.8 Å². The molecule has 0 saturated carbocycles. The van der Waals surface area contributed by atoms with Crippen LogP contribution < -0.4 is 9.47 Å². The molecular formula is C17H13BrO5. The highest BCUT2D eigenvalue weighted by molar-refractivity contribution is 9.10. The molecule has 1 N–H and O–H groups in total. The molecule has 0 amide bonds. The molecule has 1 aliphatic rings. The molecule has 1 aliphatic heterocycles. The summed E-state index contributed by atoms with van der Waals surface area (Å²) in [6.45, 7) is 5.08. The van der Waals surface area contributed by atoms with Crippen LogP contribution >= 0.6 is 15.9 Å². The number of aldehydes is 1. The van der Waals surface area contributed by atoms with Crippen molar-refractivity contribution in [3.63, 3.8) is 0 Å². The second-order valence-electron chi connectivity index (χ2n) is 5.38. The lowest BCUT2D eigenvalue weighted by Gasteiger charge is -2.15. The molecule has 0 saturated heterocycles. The van der Waals surface area contributed by atoms with Crippen LogP contribution in [0.1, 0.15) is 37.4 Å². The van der Waals surface area contributed by atoms with Crippen molar-refractivity contribution in [2.24, 2.45) is 0 Å². The SMILES string of the molecule is Cc1cc(O)c(C)c2c1Oc1c(C)c(C=O)cc(Br)c1C(=O)O2. The maximum Gasteiger partial charge on any atom is 0.348 e. The summed E-state index contributed by atoms with van der Waals surface area (Å²) in [5, 5.41) is 9.94. The number of rotatable bonds is 1. The molecule has 6 heteroatoms. The lowest BCUT2D eigenvalue weighted by molar-refractivity contribution is 0.0735. The van der Waals surface area contributed by atoms with Crippen molar-refractivity contribution in [2.45, 2.75) is 20.8 Å². The van der Waals surface area contributed by atoms with Crippen LogP contribution in [0.25, 0.3) is 0 Å². The zero-order valence-electron chi connectivity index (χ0n) is 12.7. The second-order valence-corrected chi connectivity index (χ2v) is 6.24. The highest BCUT2D eigenvalue weighted by Crippen LogP contribution is 2.47. The Bertz CT molecular complexity index is 870. The largest absolute Gasteiger partial charge is 0.508 e. The van der Waals surface area contributed by atoms with Crippen molar-refractivity contribution in [3.8, 4) is 23.0 Å². The van der Waals surface area contributed by atoms with E-state index in [1.54, 1.807) is 32.9 Å². The van der Waals surface area contributed by atoms with Crippen LogP contribution in [-0.4, -0.2) is 17.4 Å². The molecule has 23 heavy (non-hydrogen) atoms. The summed E-state index contributed by atoms with van der Waals surface area (Å²) in [5.74, 6) is 0.221. The summed E-state index contributed by atoms with van der Waals surface area (Å²) in [6.07, 6.45) is 0.704. The van der Waals surface area contributed by atoms with Crippen molar-refractivity contribution < 1.29 is 24.2 Å². The maximum absolute atomic E-state index is 12.5. The molecule has 2 aromatic rings. The summed E-state index contributed by atoms with van der Waals surface area (Å²) in [7, 11) is 0. The minimum Gasteiger partial charge on any atom is -0.508 e. The zero-order valence-corrected chi connectivity index (χ0v) is 14.3. The number of phenols is 1. The van der Waals surface area contributed by atoms with Crippen LogP contribution in [-0.2, 0) is 0 Å². The van der Waals surface area contributed by atoms with Crippen LogP contribution in [0.2, 0.25) is 0 Å². The minimum absolute atomic E-state index is 0.0213. The van der Waals surface area contributed by atoms with Gasteiger partial charge in [0.2, 0.25) is 0 Å². The molecule has 0 bridgehead atoms. The van der Waals surface area contributed by atoms with E-state index in [4.69, 9.17) is 9.47 Å².